The first kappa shape index (κ1) is 11.8. The van der Waals surface area contributed by atoms with Gasteiger partial charge >= 0.3 is 0 Å². The molecule has 2 amide bonds. The van der Waals surface area contributed by atoms with Gasteiger partial charge < -0.3 is 5.32 Å². The molecular formula is C12H10N4O2. The van der Waals surface area contributed by atoms with Crippen molar-refractivity contribution in [2.75, 3.05) is 5.32 Å². The van der Waals surface area contributed by atoms with Crippen molar-refractivity contribution >= 4 is 23.2 Å². The summed E-state index contributed by atoms with van der Waals surface area (Å²) in [6.07, 6.45) is 0.570. The smallest absolute Gasteiger partial charge is 0.271 e. The predicted molar refractivity (Wildman–Crippen MR) is 64.6 cm³/mol. The van der Waals surface area contributed by atoms with Gasteiger partial charge in [0.15, 0.2) is 0 Å². The molecule has 2 N–H and O–H groups in total. The Balaban J connectivity index is 2.07. The van der Waals surface area contributed by atoms with Crippen LogP contribution in [0.15, 0.2) is 29.4 Å². The number of nitrogens with zero attached hydrogens (tertiary/aromatic N) is 2. The summed E-state index contributed by atoms with van der Waals surface area (Å²) in [7, 11) is 0. The summed E-state index contributed by atoms with van der Waals surface area (Å²) in [5.74, 6) is -0.567. The molecule has 0 atom stereocenters. The second-order valence-corrected chi connectivity index (χ2v) is 3.74. The number of nitriles is 1. The molecule has 0 saturated carbocycles. The molecule has 0 saturated heterocycles. The SMILES string of the molecule is N#Cc1cccc(NC(=O)C2=NNC(=O)CC2)c1. The fourth-order valence-electron chi connectivity index (χ4n) is 1.51. The maximum absolute atomic E-state index is 11.8. The first-order chi connectivity index (χ1) is 8.69. The van der Waals surface area contributed by atoms with E-state index in [-0.39, 0.29) is 23.9 Å². The minimum atomic E-state index is -0.370. The third-order valence-electron chi connectivity index (χ3n) is 2.42. The molecule has 6 heteroatoms. The Morgan fingerprint density at radius 3 is 2.94 bits per heavy atom. The Kier molecular flexibility index (Phi) is 3.34. The molecule has 0 unspecified atom stereocenters. The number of rotatable bonds is 2. The van der Waals surface area contributed by atoms with Crippen molar-refractivity contribution in [2.24, 2.45) is 5.10 Å². The lowest BCUT2D eigenvalue weighted by atomic mass is 10.1. The highest BCUT2D eigenvalue weighted by molar-refractivity contribution is 6.43. The van der Waals surface area contributed by atoms with Crippen LogP contribution in [0, 0.1) is 11.3 Å². The van der Waals surface area contributed by atoms with Crippen LogP contribution in [0.3, 0.4) is 0 Å². The van der Waals surface area contributed by atoms with E-state index in [0.717, 1.165) is 0 Å². The van der Waals surface area contributed by atoms with Crippen molar-refractivity contribution in [3.05, 3.63) is 29.8 Å². The number of hydrogen-bond acceptors (Lipinski definition) is 4. The number of hydrogen-bond donors (Lipinski definition) is 2. The maximum atomic E-state index is 11.8. The van der Waals surface area contributed by atoms with Gasteiger partial charge in [0.2, 0.25) is 5.91 Å². The van der Waals surface area contributed by atoms with Gasteiger partial charge in [-0.15, -0.1) is 0 Å². The fourth-order valence-corrected chi connectivity index (χ4v) is 1.51. The number of nitrogens with one attached hydrogen (secondary N) is 2. The largest absolute Gasteiger partial charge is 0.321 e. The van der Waals surface area contributed by atoms with Crippen molar-refractivity contribution in [3.63, 3.8) is 0 Å². The van der Waals surface area contributed by atoms with Crippen LogP contribution in [0.5, 0.6) is 0 Å². The molecule has 1 aromatic rings. The molecule has 6 nitrogen and oxygen atoms in total. The van der Waals surface area contributed by atoms with Gasteiger partial charge in [0, 0.05) is 18.5 Å². The highest BCUT2D eigenvalue weighted by Crippen LogP contribution is 2.10. The number of benzene rings is 1. The number of anilines is 1. The van der Waals surface area contributed by atoms with E-state index in [1.54, 1.807) is 24.3 Å². The summed E-state index contributed by atoms with van der Waals surface area (Å²) < 4.78 is 0. The molecule has 0 bridgehead atoms. The lowest BCUT2D eigenvalue weighted by Gasteiger charge is -2.11. The summed E-state index contributed by atoms with van der Waals surface area (Å²) in [5.41, 5.74) is 3.52. The van der Waals surface area contributed by atoms with Crippen LogP contribution in [0.1, 0.15) is 18.4 Å². The third kappa shape index (κ3) is 2.71. The Morgan fingerprint density at radius 2 is 2.28 bits per heavy atom. The van der Waals surface area contributed by atoms with Crippen molar-refractivity contribution in [1.29, 1.82) is 5.26 Å². The molecule has 1 heterocycles. The van der Waals surface area contributed by atoms with E-state index in [0.29, 0.717) is 17.7 Å². The molecular weight excluding hydrogens is 232 g/mol. The normalized spacial score (nSPS) is 14.2. The van der Waals surface area contributed by atoms with Gasteiger partial charge in [-0.25, -0.2) is 5.43 Å². The van der Waals surface area contributed by atoms with Crippen LogP contribution >= 0.6 is 0 Å². The zero-order chi connectivity index (χ0) is 13.0. The highest BCUT2D eigenvalue weighted by atomic mass is 16.2. The van der Waals surface area contributed by atoms with Crippen LogP contribution in [0.25, 0.3) is 0 Å². The Bertz CT molecular complexity index is 572. The van der Waals surface area contributed by atoms with E-state index in [1.807, 2.05) is 6.07 Å². The second-order valence-electron chi connectivity index (χ2n) is 3.74. The second kappa shape index (κ2) is 5.10. The van der Waals surface area contributed by atoms with Crippen LogP contribution in [0.2, 0.25) is 0 Å². The van der Waals surface area contributed by atoms with Crippen LogP contribution < -0.4 is 10.7 Å². The zero-order valence-corrected chi connectivity index (χ0v) is 9.43. The van der Waals surface area contributed by atoms with E-state index in [4.69, 9.17) is 5.26 Å². The van der Waals surface area contributed by atoms with Crippen molar-refractivity contribution in [1.82, 2.24) is 5.43 Å². The molecule has 1 aromatic carbocycles. The average Bonchev–Trinajstić information content (AvgIpc) is 2.39. The van der Waals surface area contributed by atoms with Gasteiger partial charge in [-0.1, -0.05) is 6.07 Å². The molecule has 0 aliphatic carbocycles. The standard InChI is InChI=1S/C12H10N4O2/c13-7-8-2-1-3-9(6-8)14-12(18)10-4-5-11(17)16-15-10/h1-3,6H,4-5H2,(H,14,18)(H,16,17). The summed E-state index contributed by atoms with van der Waals surface area (Å²) >= 11 is 0. The van der Waals surface area contributed by atoms with E-state index < -0.39 is 0 Å². The zero-order valence-electron chi connectivity index (χ0n) is 9.43. The molecule has 0 aromatic heterocycles. The molecule has 1 aliphatic rings. The molecule has 0 spiro atoms. The molecule has 0 radical (unpaired) electrons. The first-order valence-corrected chi connectivity index (χ1v) is 5.36. The van der Waals surface area contributed by atoms with E-state index in [2.05, 4.69) is 15.8 Å². The van der Waals surface area contributed by atoms with Crippen molar-refractivity contribution < 1.29 is 9.59 Å². The van der Waals surface area contributed by atoms with Gasteiger partial charge in [-0.2, -0.15) is 10.4 Å². The highest BCUT2D eigenvalue weighted by Gasteiger charge is 2.18. The van der Waals surface area contributed by atoms with Gasteiger partial charge in [-0.3, -0.25) is 9.59 Å². The number of carbonyl (C=O) groups is 2. The minimum Gasteiger partial charge on any atom is -0.321 e. The molecule has 2 rings (SSSR count). The lowest BCUT2D eigenvalue weighted by Crippen LogP contribution is -2.32. The molecule has 1 aliphatic heterocycles. The Hall–Kier alpha value is -2.68. The monoisotopic (exact) mass is 242 g/mol. The first-order valence-electron chi connectivity index (χ1n) is 5.36. The molecule has 90 valence electrons. The number of carbonyl (C=O) groups excluding carboxylic acids is 2. The van der Waals surface area contributed by atoms with Crippen LogP contribution in [-0.2, 0) is 9.59 Å². The molecule has 18 heavy (non-hydrogen) atoms. The maximum Gasteiger partial charge on any atom is 0.271 e. The number of hydrazone groups is 1. The predicted octanol–water partition coefficient (Wildman–Crippen LogP) is 0.763. The lowest BCUT2D eigenvalue weighted by molar-refractivity contribution is -0.121. The van der Waals surface area contributed by atoms with Gasteiger partial charge in [0.25, 0.3) is 5.91 Å². The summed E-state index contributed by atoms with van der Waals surface area (Å²) in [6, 6.07) is 8.56. The summed E-state index contributed by atoms with van der Waals surface area (Å²) in [4.78, 5) is 22.7. The van der Waals surface area contributed by atoms with E-state index in [1.165, 1.54) is 0 Å². The van der Waals surface area contributed by atoms with Gasteiger partial charge in [-0.05, 0) is 18.2 Å². The van der Waals surface area contributed by atoms with Crippen LogP contribution in [-0.4, -0.2) is 17.5 Å². The van der Waals surface area contributed by atoms with Crippen LogP contribution in [0.4, 0.5) is 5.69 Å². The van der Waals surface area contributed by atoms with Crippen molar-refractivity contribution in [2.45, 2.75) is 12.8 Å². The summed E-state index contributed by atoms with van der Waals surface area (Å²) in [6.45, 7) is 0. The minimum absolute atomic E-state index is 0.196. The third-order valence-corrected chi connectivity index (χ3v) is 2.42. The quantitative estimate of drug-likeness (QED) is 0.801. The van der Waals surface area contributed by atoms with E-state index >= 15 is 0 Å². The number of amides is 2. The van der Waals surface area contributed by atoms with Crippen molar-refractivity contribution in [3.8, 4) is 6.07 Å². The van der Waals surface area contributed by atoms with Gasteiger partial charge in [0.1, 0.15) is 5.71 Å². The topological polar surface area (TPSA) is 94.3 Å². The summed E-state index contributed by atoms with van der Waals surface area (Å²) in [5, 5.41) is 15.1. The average molecular weight is 242 g/mol. The van der Waals surface area contributed by atoms with Gasteiger partial charge in [0.05, 0.1) is 11.6 Å². The fraction of sp³-hybridized carbons (Fsp3) is 0.167. The molecule has 0 fully saturated rings. The Morgan fingerprint density at radius 1 is 1.44 bits per heavy atom. The Labute approximate surface area is 103 Å². The van der Waals surface area contributed by atoms with E-state index in [9.17, 15) is 9.59 Å².